The summed E-state index contributed by atoms with van der Waals surface area (Å²) in [5.41, 5.74) is 0.718. The maximum Gasteiger partial charge on any atom is 0.180 e. The average Bonchev–Trinajstić information content (AvgIpc) is 2.46. The van der Waals surface area contributed by atoms with Crippen LogP contribution < -0.4 is 5.32 Å². The average molecular weight is 283 g/mol. The molecule has 0 spiro atoms. The van der Waals surface area contributed by atoms with Crippen molar-refractivity contribution in [3.63, 3.8) is 0 Å². The lowest BCUT2D eigenvalue weighted by molar-refractivity contribution is 0.0699. The molecule has 1 aliphatic heterocycles. The zero-order valence-electron chi connectivity index (χ0n) is 11.3. The Morgan fingerprint density at radius 2 is 1.95 bits per heavy atom. The largest absolute Gasteiger partial charge is 0.384 e. The van der Waals surface area contributed by atoms with Crippen LogP contribution in [0.25, 0.3) is 0 Å². The van der Waals surface area contributed by atoms with Gasteiger partial charge in [-0.2, -0.15) is 0 Å². The van der Waals surface area contributed by atoms with Gasteiger partial charge in [-0.15, -0.1) is 0 Å². The van der Waals surface area contributed by atoms with Gasteiger partial charge in [-0.1, -0.05) is 19.1 Å². The number of hydrogen-bond donors (Lipinski definition) is 1. The van der Waals surface area contributed by atoms with Gasteiger partial charge in [0.2, 0.25) is 0 Å². The summed E-state index contributed by atoms with van der Waals surface area (Å²) in [7, 11) is -3.17. The van der Waals surface area contributed by atoms with Crippen molar-refractivity contribution in [2.24, 2.45) is 5.92 Å². The fourth-order valence-electron chi connectivity index (χ4n) is 2.24. The van der Waals surface area contributed by atoms with Crippen molar-refractivity contribution in [3.05, 3.63) is 24.3 Å². The van der Waals surface area contributed by atoms with Crippen molar-refractivity contribution in [3.8, 4) is 0 Å². The van der Waals surface area contributed by atoms with Crippen LogP contribution in [0.5, 0.6) is 0 Å². The molecule has 2 rings (SSSR count). The van der Waals surface area contributed by atoms with Gasteiger partial charge in [0.05, 0.1) is 16.3 Å². The molecule has 4 nitrogen and oxygen atoms in total. The molecule has 0 aromatic heterocycles. The highest BCUT2D eigenvalue weighted by atomic mass is 32.2. The second kappa shape index (κ2) is 6.39. The van der Waals surface area contributed by atoms with E-state index in [1.807, 2.05) is 12.1 Å². The Hall–Kier alpha value is -1.07. The van der Waals surface area contributed by atoms with Gasteiger partial charge < -0.3 is 10.1 Å². The van der Waals surface area contributed by atoms with E-state index in [0.717, 1.165) is 38.3 Å². The van der Waals surface area contributed by atoms with Crippen LogP contribution in [0.4, 0.5) is 5.69 Å². The summed E-state index contributed by atoms with van der Waals surface area (Å²) in [5, 5.41) is 3.29. The van der Waals surface area contributed by atoms with Gasteiger partial charge in [-0.3, -0.25) is 0 Å². The summed E-state index contributed by atoms with van der Waals surface area (Å²) in [4.78, 5) is 0.407. The molecule has 1 aromatic carbocycles. The minimum absolute atomic E-state index is 0.128. The molecule has 0 radical (unpaired) electrons. The summed E-state index contributed by atoms with van der Waals surface area (Å²) < 4.78 is 29.3. The highest BCUT2D eigenvalue weighted by molar-refractivity contribution is 7.91. The fourth-order valence-corrected chi connectivity index (χ4v) is 3.32. The van der Waals surface area contributed by atoms with Crippen LogP contribution in [-0.4, -0.2) is 33.9 Å². The summed E-state index contributed by atoms with van der Waals surface area (Å²) in [6.45, 7) is 4.09. The molecule has 1 aliphatic rings. The number of hydrogen-bond acceptors (Lipinski definition) is 4. The lowest BCUT2D eigenvalue weighted by Gasteiger charge is -2.23. The molecule has 1 saturated heterocycles. The van der Waals surface area contributed by atoms with Gasteiger partial charge in [-0.05, 0) is 30.9 Å². The SMILES string of the molecule is CCS(=O)(=O)c1ccccc1NCC1CCOCC1. The summed E-state index contributed by atoms with van der Waals surface area (Å²) in [6, 6.07) is 7.14. The first-order valence-corrected chi connectivity index (χ1v) is 8.42. The first-order valence-electron chi connectivity index (χ1n) is 6.77. The van der Waals surface area contributed by atoms with Crippen molar-refractivity contribution < 1.29 is 13.2 Å². The molecular formula is C14H21NO3S. The number of para-hydroxylation sites is 1. The van der Waals surface area contributed by atoms with Gasteiger partial charge in [0, 0.05) is 19.8 Å². The minimum Gasteiger partial charge on any atom is -0.384 e. The van der Waals surface area contributed by atoms with E-state index in [9.17, 15) is 8.42 Å². The highest BCUT2D eigenvalue weighted by Crippen LogP contribution is 2.23. The molecule has 5 heteroatoms. The molecule has 0 saturated carbocycles. The molecule has 0 aliphatic carbocycles. The number of nitrogens with one attached hydrogen (secondary N) is 1. The predicted octanol–water partition coefficient (Wildman–Crippen LogP) is 2.32. The molecule has 1 fully saturated rings. The van der Waals surface area contributed by atoms with E-state index in [-0.39, 0.29) is 5.75 Å². The van der Waals surface area contributed by atoms with Crippen LogP contribution >= 0.6 is 0 Å². The van der Waals surface area contributed by atoms with E-state index in [1.54, 1.807) is 19.1 Å². The van der Waals surface area contributed by atoms with Gasteiger partial charge in [0.25, 0.3) is 0 Å². The minimum atomic E-state index is -3.17. The van der Waals surface area contributed by atoms with Crippen LogP contribution in [0.1, 0.15) is 19.8 Å². The van der Waals surface area contributed by atoms with Crippen LogP contribution in [-0.2, 0) is 14.6 Å². The van der Waals surface area contributed by atoms with Gasteiger partial charge in [-0.25, -0.2) is 8.42 Å². The third-order valence-electron chi connectivity index (χ3n) is 3.52. The van der Waals surface area contributed by atoms with Crippen molar-refractivity contribution in [1.82, 2.24) is 0 Å². The van der Waals surface area contributed by atoms with Crippen molar-refractivity contribution in [1.29, 1.82) is 0 Å². The Bertz CT molecular complexity index is 507. The summed E-state index contributed by atoms with van der Waals surface area (Å²) in [5.74, 6) is 0.689. The molecule has 106 valence electrons. The predicted molar refractivity (Wildman–Crippen MR) is 76.2 cm³/mol. The van der Waals surface area contributed by atoms with E-state index in [0.29, 0.717) is 10.8 Å². The second-order valence-electron chi connectivity index (χ2n) is 4.84. The topological polar surface area (TPSA) is 55.4 Å². The molecule has 1 heterocycles. The molecule has 0 unspecified atom stereocenters. The Labute approximate surface area is 115 Å². The molecule has 0 bridgehead atoms. The first kappa shape index (κ1) is 14.3. The van der Waals surface area contributed by atoms with Gasteiger partial charge in [0.1, 0.15) is 0 Å². The molecule has 0 atom stereocenters. The van der Waals surface area contributed by atoms with E-state index in [4.69, 9.17) is 4.74 Å². The quantitative estimate of drug-likeness (QED) is 0.901. The van der Waals surface area contributed by atoms with Crippen LogP contribution in [0.15, 0.2) is 29.2 Å². The van der Waals surface area contributed by atoms with E-state index < -0.39 is 9.84 Å². The molecular weight excluding hydrogens is 262 g/mol. The number of ether oxygens (including phenoxy) is 1. The number of benzene rings is 1. The first-order chi connectivity index (χ1) is 9.13. The van der Waals surface area contributed by atoms with E-state index >= 15 is 0 Å². The van der Waals surface area contributed by atoms with E-state index in [1.165, 1.54) is 0 Å². The summed E-state index contributed by atoms with van der Waals surface area (Å²) in [6.07, 6.45) is 2.07. The monoisotopic (exact) mass is 283 g/mol. The van der Waals surface area contributed by atoms with Gasteiger partial charge in [0.15, 0.2) is 9.84 Å². The maximum atomic E-state index is 12.0. The van der Waals surface area contributed by atoms with Crippen molar-refractivity contribution >= 4 is 15.5 Å². The smallest absolute Gasteiger partial charge is 0.180 e. The lowest BCUT2D eigenvalue weighted by Crippen LogP contribution is -2.23. The molecule has 19 heavy (non-hydrogen) atoms. The van der Waals surface area contributed by atoms with E-state index in [2.05, 4.69) is 5.32 Å². The zero-order chi connectivity index (χ0) is 13.7. The lowest BCUT2D eigenvalue weighted by atomic mass is 10.0. The van der Waals surface area contributed by atoms with Gasteiger partial charge >= 0.3 is 0 Å². The Morgan fingerprint density at radius 3 is 2.63 bits per heavy atom. The van der Waals surface area contributed by atoms with Crippen molar-refractivity contribution in [2.75, 3.05) is 30.8 Å². The normalized spacial score (nSPS) is 17.3. The van der Waals surface area contributed by atoms with Crippen LogP contribution in [0.2, 0.25) is 0 Å². The third kappa shape index (κ3) is 3.70. The van der Waals surface area contributed by atoms with Crippen LogP contribution in [0, 0.1) is 5.92 Å². The molecule has 1 N–H and O–H groups in total. The molecule has 0 amide bonds. The number of anilines is 1. The second-order valence-corrected chi connectivity index (χ2v) is 7.08. The Morgan fingerprint density at radius 1 is 1.26 bits per heavy atom. The molecule has 1 aromatic rings. The highest BCUT2D eigenvalue weighted by Gasteiger charge is 2.18. The Balaban J connectivity index is 2.07. The fraction of sp³-hybridized carbons (Fsp3) is 0.571. The number of sulfone groups is 1. The van der Waals surface area contributed by atoms with Crippen LogP contribution in [0.3, 0.4) is 0 Å². The zero-order valence-corrected chi connectivity index (χ0v) is 12.1. The summed E-state index contributed by atoms with van der Waals surface area (Å²) >= 11 is 0. The maximum absolute atomic E-state index is 12.0. The third-order valence-corrected chi connectivity index (χ3v) is 5.31. The Kier molecular flexibility index (Phi) is 4.82. The number of rotatable bonds is 5. The standard InChI is InChI=1S/C14H21NO3S/c1-2-19(16,17)14-6-4-3-5-13(14)15-11-12-7-9-18-10-8-12/h3-6,12,15H,2,7-11H2,1H3. The van der Waals surface area contributed by atoms with Crippen molar-refractivity contribution in [2.45, 2.75) is 24.7 Å².